The van der Waals surface area contributed by atoms with Crippen molar-refractivity contribution in [3.63, 3.8) is 0 Å². The Morgan fingerprint density at radius 3 is 2.60 bits per heavy atom. The highest BCUT2D eigenvalue weighted by molar-refractivity contribution is 5.74. The predicted octanol–water partition coefficient (Wildman–Crippen LogP) is 1.93. The Morgan fingerprint density at radius 1 is 1.47 bits per heavy atom. The summed E-state index contributed by atoms with van der Waals surface area (Å²) in [5.41, 5.74) is 1.73. The van der Waals surface area contributed by atoms with Gasteiger partial charge in [0, 0.05) is 11.4 Å². The van der Waals surface area contributed by atoms with Crippen LogP contribution in [0.25, 0.3) is 0 Å². The zero-order chi connectivity index (χ0) is 11.4. The number of carboxylic acids is 1. The molecule has 4 nitrogen and oxygen atoms in total. The van der Waals surface area contributed by atoms with Gasteiger partial charge in [0.1, 0.15) is 11.7 Å². The average Bonchev–Trinajstić information content (AvgIpc) is 2.17. The van der Waals surface area contributed by atoms with E-state index in [1.807, 2.05) is 26.8 Å². The standard InChI is InChI=1S/C11H16N2O2/c1-4-8-6-7(3)12-10(13-8)9(5-2)11(14)15/h6,9H,4-5H2,1-3H3,(H,14,15). The van der Waals surface area contributed by atoms with Crippen molar-refractivity contribution in [2.75, 3.05) is 0 Å². The van der Waals surface area contributed by atoms with Crippen LogP contribution >= 0.6 is 0 Å². The van der Waals surface area contributed by atoms with Crippen molar-refractivity contribution in [2.24, 2.45) is 0 Å². The molecule has 1 aromatic heterocycles. The van der Waals surface area contributed by atoms with Crippen LogP contribution in [0, 0.1) is 6.92 Å². The van der Waals surface area contributed by atoms with E-state index in [0.29, 0.717) is 12.2 Å². The number of aromatic nitrogens is 2. The molecule has 1 N–H and O–H groups in total. The number of carboxylic acid groups (broad SMARTS) is 1. The molecule has 0 saturated carbocycles. The molecular weight excluding hydrogens is 192 g/mol. The highest BCUT2D eigenvalue weighted by atomic mass is 16.4. The first kappa shape index (κ1) is 11.6. The van der Waals surface area contributed by atoms with Crippen molar-refractivity contribution in [1.82, 2.24) is 9.97 Å². The Bertz CT molecular complexity index is 364. The van der Waals surface area contributed by atoms with Crippen molar-refractivity contribution >= 4 is 5.97 Å². The summed E-state index contributed by atoms with van der Waals surface area (Å²) in [7, 11) is 0. The molecule has 1 atom stereocenters. The molecule has 0 aliphatic rings. The molecule has 0 aliphatic carbocycles. The van der Waals surface area contributed by atoms with Gasteiger partial charge >= 0.3 is 5.97 Å². The van der Waals surface area contributed by atoms with E-state index in [4.69, 9.17) is 5.11 Å². The van der Waals surface area contributed by atoms with Gasteiger partial charge in [-0.2, -0.15) is 0 Å². The van der Waals surface area contributed by atoms with Gasteiger partial charge in [-0.15, -0.1) is 0 Å². The maximum absolute atomic E-state index is 11.0. The van der Waals surface area contributed by atoms with Crippen LogP contribution in [0.4, 0.5) is 0 Å². The maximum atomic E-state index is 11.0. The molecule has 15 heavy (non-hydrogen) atoms. The van der Waals surface area contributed by atoms with Gasteiger partial charge in [-0.1, -0.05) is 13.8 Å². The minimum absolute atomic E-state index is 0.432. The molecule has 0 aliphatic heterocycles. The number of nitrogens with zero attached hydrogens (tertiary/aromatic N) is 2. The molecule has 1 aromatic rings. The highest BCUT2D eigenvalue weighted by Crippen LogP contribution is 2.16. The molecule has 0 radical (unpaired) electrons. The van der Waals surface area contributed by atoms with Gasteiger partial charge in [-0.05, 0) is 25.8 Å². The number of aryl methyl sites for hydroxylation is 2. The van der Waals surface area contributed by atoms with E-state index < -0.39 is 11.9 Å². The Labute approximate surface area is 89.4 Å². The first-order chi connectivity index (χ1) is 7.08. The molecule has 4 heteroatoms. The van der Waals surface area contributed by atoms with Crippen LogP contribution in [0.5, 0.6) is 0 Å². The summed E-state index contributed by atoms with van der Waals surface area (Å²) < 4.78 is 0. The molecule has 0 amide bonds. The zero-order valence-corrected chi connectivity index (χ0v) is 9.32. The molecule has 1 heterocycles. The molecule has 0 saturated heterocycles. The quantitative estimate of drug-likeness (QED) is 0.821. The third-order valence-corrected chi connectivity index (χ3v) is 2.30. The Kier molecular flexibility index (Phi) is 3.77. The van der Waals surface area contributed by atoms with Crippen LogP contribution < -0.4 is 0 Å². The molecular formula is C11H16N2O2. The second kappa shape index (κ2) is 4.87. The van der Waals surface area contributed by atoms with Crippen molar-refractivity contribution in [1.29, 1.82) is 0 Å². The van der Waals surface area contributed by atoms with Gasteiger partial charge in [-0.25, -0.2) is 9.97 Å². The summed E-state index contributed by atoms with van der Waals surface area (Å²) >= 11 is 0. The van der Waals surface area contributed by atoms with E-state index >= 15 is 0 Å². The fraction of sp³-hybridized carbons (Fsp3) is 0.545. The molecule has 0 fully saturated rings. The number of rotatable bonds is 4. The van der Waals surface area contributed by atoms with Crippen molar-refractivity contribution < 1.29 is 9.90 Å². The van der Waals surface area contributed by atoms with Gasteiger partial charge in [0.05, 0.1) is 0 Å². The largest absolute Gasteiger partial charge is 0.481 e. The van der Waals surface area contributed by atoms with Gasteiger partial charge < -0.3 is 5.11 Å². The number of hydrogen-bond acceptors (Lipinski definition) is 3. The summed E-state index contributed by atoms with van der Waals surface area (Å²) in [6, 6.07) is 1.89. The van der Waals surface area contributed by atoms with E-state index in [-0.39, 0.29) is 0 Å². The fourth-order valence-corrected chi connectivity index (χ4v) is 1.46. The van der Waals surface area contributed by atoms with E-state index in [1.54, 1.807) is 0 Å². The van der Waals surface area contributed by atoms with E-state index in [0.717, 1.165) is 17.8 Å². The second-order valence-corrected chi connectivity index (χ2v) is 3.51. The van der Waals surface area contributed by atoms with E-state index in [1.165, 1.54) is 0 Å². The van der Waals surface area contributed by atoms with Gasteiger partial charge in [0.2, 0.25) is 0 Å². The third-order valence-electron chi connectivity index (χ3n) is 2.30. The highest BCUT2D eigenvalue weighted by Gasteiger charge is 2.21. The van der Waals surface area contributed by atoms with E-state index in [9.17, 15) is 4.79 Å². The number of aliphatic carboxylic acids is 1. The summed E-state index contributed by atoms with van der Waals surface area (Å²) in [5.74, 6) is -1.01. The molecule has 0 aromatic carbocycles. The monoisotopic (exact) mass is 208 g/mol. The number of hydrogen-bond donors (Lipinski definition) is 1. The summed E-state index contributed by atoms with van der Waals surface area (Å²) in [6.07, 6.45) is 1.31. The molecule has 1 unspecified atom stereocenters. The predicted molar refractivity (Wildman–Crippen MR) is 56.8 cm³/mol. The van der Waals surface area contributed by atoms with Crippen molar-refractivity contribution in [3.8, 4) is 0 Å². The topological polar surface area (TPSA) is 63.1 Å². The first-order valence-electron chi connectivity index (χ1n) is 5.15. The molecule has 1 rings (SSSR count). The Morgan fingerprint density at radius 2 is 2.13 bits per heavy atom. The van der Waals surface area contributed by atoms with Crippen LogP contribution in [-0.4, -0.2) is 21.0 Å². The average molecular weight is 208 g/mol. The lowest BCUT2D eigenvalue weighted by atomic mass is 10.1. The smallest absolute Gasteiger partial charge is 0.314 e. The van der Waals surface area contributed by atoms with Gasteiger partial charge in [0.25, 0.3) is 0 Å². The second-order valence-electron chi connectivity index (χ2n) is 3.51. The van der Waals surface area contributed by atoms with Crippen molar-refractivity contribution in [2.45, 2.75) is 39.5 Å². The SMILES string of the molecule is CCc1cc(C)nc(C(CC)C(=O)O)n1. The summed E-state index contributed by atoms with van der Waals surface area (Å²) in [4.78, 5) is 19.4. The minimum atomic E-state index is -0.856. The minimum Gasteiger partial charge on any atom is -0.481 e. The van der Waals surface area contributed by atoms with E-state index in [2.05, 4.69) is 9.97 Å². The Balaban J connectivity index is 3.11. The third kappa shape index (κ3) is 2.75. The van der Waals surface area contributed by atoms with Crippen LogP contribution in [0.1, 0.15) is 43.4 Å². The molecule has 0 spiro atoms. The van der Waals surface area contributed by atoms with Crippen LogP contribution in [0.3, 0.4) is 0 Å². The summed E-state index contributed by atoms with van der Waals surface area (Å²) in [6.45, 7) is 5.68. The normalized spacial score (nSPS) is 12.5. The lowest BCUT2D eigenvalue weighted by Crippen LogP contribution is -2.15. The molecule has 0 bridgehead atoms. The van der Waals surface area contributed by atoms with Crippen LogP contribution in [0.2, 0.25) is 0 Å². The lowest BCUT2D eigenvalue weighted by Gasteiger charge is -2.10. The fourth-order valence-electron chi connectivity index (χ4n) is 1.46. The molecule has 82 valence electrons. The summed E-state index contributed by atoms with van der Waals surface area (Å²) in [5, 5.41) is 9.00. The Hall–Kier alpha value is -1.45. The lowest BCUT2D eigenvalue weighted by molar-refractivity contribution is -0.139. The first-order valence-corrected chi connectivity index (χ1v) is 5.15. The van der Waals surface area contributed by atoms with Gasteiger partial charge in [0.15, 0.2) is 0 Å². The zero-order valence-electron chi connectivity index (χ0n) is 9.32. The van der Waals surface area contributed by atoms with Crippen molar-refractivity contribution in [3.05, 3.63) is 23.3 Å². The number of carbonyl (C=O) groups is 1. The van der Waals surface area contributed by atoms with Crippen LogP contribution in [0.15, 0.2) is 6.07 Å². The van der Waals surface area contributed by atoms with Crippen LogP contribution in [-0.2, 0) is 11.2 Å². The van der Waals surface area contributed by atoms with Gasteiger partial charge in [-0.3, -0.25) is 4.79 Å². The maximum Gasteiger partial charge on any atom is 0.314 e.